The van der Waals surface area contributed by atoms with Crippen molar-refractivity contribution in [2.24, 2.45) is 0 Å². The van der Waals surface area contributed by atoms with Crippen LogP contribution in [0, 0.1) is 11.6 Å². The molecule has 0 saturated carbocycles. The molecule has 0 aliphatic carbocycles. The first-order valence-corrected chi connectivity index (χ1v) is 6.80. The van der Waals surface area contributed by atoms with Gasteiger partial charge in [0.2, 0.25) is 0 Å². The lowest BCUT2D eigenvalue weighted by Gasteiger charge is -2.10. The molecule has 106 valence electrons. The van der Waals surface area contributed by atoms with Gasteiger partial charge in [-0.15, -0.1) is 0 Å². The highest BCUT2D eigenvalue weighted by Crippen LogP contribution is 2.32. The van der Waals surface area contributed by atoms with Crippen molar-refractivity contribution in [1.82, 2.24) is 4.98 Å². The molecule has 0 fully saturated rings. The molecule has 0 atom stereocenters. The van der Waals surface area contributed by atoms with Crippen molar-refractivity contribution < 1.29 is 13.5 Å². The van der Waals surface area contributed by atoms with E-state index < -0.39 is 11.6 Å². The minimum atomic E-state index is -0.729. The first kappa shape index (κ1) is 13.8. The fourth-order valence-corrected chi connectivity index (χ4v) is 2.27. The summed E-state index contributed by atoms with van der Waals surface area (Å²) in [6, 6.07) is 8.82. The van der Waals surface area contributed by atoms with Crippen LogP contribution in [0.4, 0.5) is 14.5 Å². The quantitative estimate of drug-likeness (QED) is 0.684. The highest BCUT2D eigenvalue weighted by Gasteiger charge is 2.12. The maximum Gasteiger partial charge on any atom is 0.167 e. The second-order valence-corrected chi connectivity index (χ2v) is 5.29. The zero-order chi connectivity index (χ0) is 15.0. The lowest BCUT2D eigenvalue weighted by molar-refractivity contribution is 0.441. The summed E-state index contributed by atoms with van der Waals surface area (Å²) in [7, 11) is 0. The van der Waals surface area contributed by atoms with E-state index in [-0.39, 0.29) is 11.4 Å². The van der Waals surface area contributed by atoms with Crippen molar-refractivity contribution >= 4 is 32.5 Å². The lowest BCUT2D eigenvalue weighted by Crippen LogP contribution is -1.96. The van der Waals surface area contributed by atoms with Crippen LogP contribution in [0.3, 0.4) is 0 Å². The summed E-state index contributed by atoms with van der Waals surface area (Å²) in [6.45, 7) is 0. The monoisotopic (exact) mass is 350 g/mol. The SMILES string of the molecule is Nc1cc(F)c(Oc2ccnc3cc(Br)ccc23)cc1F. The summed E-state index contributed by atoms with van der Waals surface area (Å²) in [4.78, 5) is 4.20. The molecular formula is C15H9BrF2N2O. The number of anilines is 1. The number of nitrogens with two attached hydrogens (primary N) is 1. The zero-order valence-electron chi connectivity index (χ0n) is 10.6. The third-order valence-corrected chi connectivity index (χ3v) is 3.43. The Morgan fingerprint density at radius 2 is 1.81 bits per heavy atom. The van der Waals surface area contributed by atoms with Gasteiger partial charge in [-0.3, -0.25) is 4.98 Å². The number of nitrogen functional groups attached to an aromatic ring is 1. The molecule has 0 unspecified atom stereocenters. The van der Waals surface area contributed by atoms with Crippen molar-refractivity contribution in [3.8, 4) is 11.5 Å². The van der Waals surface area contributed by atoms with Gasteiger partial charge < -0.3 is 10.5 Å². The number of hydrogen-bond donors (Lipinski definition) is 1. The van der Waals surface area contributed by atoms with E-state index in [1.54, 1.807) is 12.1 Å². The van der Waals surface area contributed by atoms with E-state index in [0.29, 0.717) is 16.7 Å². The van der Waals surface area contributed by atoms with Crippen molar-refractivity contribution in [2.45, 2.75) is 0 Å². The van der Waals surface area contributed by atoms with Gasteiger partial charge in [0.25, 0.3) is 0 Å². The van der Waals surface area contributed by atoms with E-state index >= 15 is 0 Å². The summed E-state index contributed by atoms with van der Waals surface area (Å²) >= 11 is 3.35. The lowest BCUT2D eigenvalue weighted by atomic mass is 10.2. The van der Waals surface area contributed by atoms with Crippen LogP contribution in [-0.4, -0.2) is 4.98 Å². The Kier molecular flexibility index (Phi) is 3.47. The second kappa shape index (κ2) is 5.29. The van der Waals surface area contributed by atoms with Crippen LogP contribution in [0.25, 0.3) is 10.9 Å². The topological polar surface area (TPSA) is 48.1 Å². The number of fused-ring (bicyclic) bond motifs is 1. The van der Waals surface area contributed by atoms with E-state index in [4.69, 9.17) is 10.5 Å². The number of hydrogen-bond acceptors (Lipinski definition) is 3. The molecule has 2 aromatic carbocycles. The molecule has 3 rings (SSSR count). The van der Waals surface area contributed by atoms with Crippen molar-refractivity contribution in [3.63, 3.8) is 0 Å². The van der Waals surface area contributed by atoms with Crippen LogP contribution < -0.4 is 10.5 Å². The van der Waals surface area contributed by atoms with E-state index in [1.165, 1.54) is 6.20 Å². The van der Waals surface area contributed by atoms with Gasteiger partial charge in [0.15, 0.2) is 11.6 Å². The molecule has 1 aromatic heterocycles. The van der Waals surface area contributed by atoms with E-state index in [1.807, 2.05) is 12.1 Å². The number of benzene rings is 2. The first-order valence-electron chi connectivity index (χ1n) is 6.01. The van der Waals surface area contributed by atoms with Gasteiger partial charge >= 0.3 is 0 Å². The average molecular weight is 351 g/mol. The van der Waals surface area contributed by atoms with Crippen LogP contribution in [0.2, 0.25) is 0 Å². The highest BCUT2D eigenvalue weighted by molar-refractivity contribution is 9.10. The summed E-state index contributed by atoms with van der Waals surface area (Å²) in [5, 5.41) is 0.692. The van der Waals surface area contributed by atoms with Gasteiger partial charge in [0, 0.05) is 28.2 Å². The van der Waals surface area contributed by atoms with Gasteiger partial charge in [0.1, 0.15) is 11.6 Å². The Morgan fingerprint density at radius 3 is 2.62 bits per heavy atom. The summed E-state index contributed by atoms with van der Waals surface area (Å²) in [5.41, 5.74) is 5.72. The van der Waals surface area contributed by atoms with E-state index in [0.717, 1.165) is 16.6 Å². The van der Waals surface area contributed by atoms with Crippen LogP contribution in [0.15, 0.2) is 47.1 Å². The minimum absolute atomic E-state index is 0.225. The standard InChI is InChI=1S/C15H9BrF2N2O/c16-8-1-2-9-13(5-8)20-4-3-14(9)21-15-7-10(17)12(19)6-11(15)18/h1-7H,19H2. The summed E-state index contributed by atoms with van der Waals surface area (Å²) in [5.74, 6) is -1.30. The predicted molar refractivity (Wildman–Crippen MR) is 80.3 cm³/mol. The molecule has 3 nitrogen and oxygen atoms in total. The van der Waals surface area contributed by atoms with Gasteiger partial charge in [0.05, 0.1) is 11.2 Å². The molecule has 0 radical (unpaired) electrons. The molecular weight excluding hydrogens is 342 g/mol. The molecule has 0 aliphatic rings. The van der Waals surface area contributed by atoms with Crippen LogP contribution in [0.5, 0.6) is 11.5 Å². The van der Waals surface area contributed by atoms with Crippen LogP contribution >= 0.6 is 15.9 Å². The number of aromatic nitrogens is 1. The molecule has 3 aromatic rings. The first-order chi connectivity index (χ1) is 10.0. The van der Waals surface area contributed by atoms with Gasteiger partial charge in [-0.25, -0.2) is 8.78 Å². The average Bonchev–Trinajstić information content (AvgIpc) is 2.44. The number of pyridine rings is 1. The van der Waals surface area contributed by atoms with Crippen molar-refractivity contribution in [1.29, 1.82) is 0 Å². The molecule has 21 heavy (non-hydrogen) atoms. The number of ether oxygens (including phenoxy) is 1. The Labute approximate surface area is 127 Å². The molecule has 0 saturated heterocycles. The van der Waals surface area contributed by atoms with Crippen LogP contribution in [0.1, 0.15) is 0 Å². The van der Waals surface area contributed by atoms with Gasteiger partial charge in [-0.1, -0.05) is 15.9 Å². The van der Waals surface area contributed by atoms with Gasteiger partial charge in [-0.05, 0) is 24.3 Å². The fourth-order valence-electron chi connectivity index (χ4n) is 1.92. The molecule has 0 spiro atoms. The second-order valence-electron chi connectivity index (χ2n) is 4.38. The molecule has 0 amide bonds. The summed E-state index contributed by atoms with van der Waals surface area (Å²) in [6.07, 6.45) is 1.54. The number of halogens is 3. The third kappa shape index (κ3) is 2.67. The maximum atomic E-state index is 13.8. The normalized spacial score (nSPS) is 10.8. The maximum absolute atomic E-state index is 13.8. The molecule has 6 heteroatoms. The van der Waals surface area contributed by atoms with E-state index in [2.05, 4.69) is 20.9 Å². The smallest absolute Gasteiger partial charge is 0.167 e. The molecule has 0 aliphatic heterocycles. The number of nitrogens with zero attached hydrogens (tertiary/aromatic N) is 1. The Balaban J connectivity index is 2.08. The Morgan fingerprint density at radius 1 is 1.00 bits per heavy atom. The fraction of sp³-hybridized carbons (Fsp3) is 0. The Bertz CT molecular complexity index is 839. The largest absolute Gasteiger partial charge is 0.453 e. The highest BCUT2D eigenvalue weighted by atomic mass is 79.9. The number of rotatable bonds is 2. The van der Waals surface area contributed by atoms with Crippen molar-refractivity contribution in [3.05, 3.63) is 58.7 Å². The molecule has 1 heterocycles. The van der Waals surface area contributed by atoms with E-state index in [9.17, 15) is 8.78 Å². The third-order valence-electron chi connectivity index (χ3n) is 2.94. The van der Waals surface area contributed by atoms with Crippen LogP contribution in [-0.2, 0) is 0 Å². The molecule has 0 bridgehead atoms. The van der Waals surface area contributed by atoms with Gasteiger partial charge in [-0.2, -0.15) is 0 Å². The molecule has 2 N–H and O–H groups in total. The predicted octanol–water partition coefficient (Wildman–Crippen LogP) is 4.65. The Hall–Kier alpha value is -2.21. The minimum Gasteiger partial charge on any atom is -0.453 e. The summed E-state index contributed by atoms with van der Waals surface area (Å²) < 4.78 is 33.6. The van der Waals surface area contributed by atoms with Crippen molar-refractivity contribution in [2.75, 3.05) is 5.73 Å². The zero-order valence-corrected chi connectivity index (χ0v) is 12.2.